The maximum Gasteiger partial charge on any atom is 0.261 e. The maximum absolute atomic E-state index is 12.9. The third-order valence-corrected chi connectivity index (χ3v) is 6.25. The van der Waals surface area contributed by atoms with Crippen molar-refractivity contribution < 1.29 is 9.53 Å². The number of carbonyl (C=O) groups is 1. The number of rotatable bonds is 4. The van der Waals surface area contributed by atoms with E-state index in [-0.39, 0.29) is 18.6 Å². The van der Waals surface area contributed by atoms with Gasteiger partial charge in [-0.05, 0) is 62.4 Å². The highest BCUT2D eigenvalue weighted by Gasteiger charge is 2.30. The minimum Gasteiger partial charge on any atom is -0.483 e. The second-order valence-corrected chi connectivity index (χ2v) is 8.24. The lowest BCUT2D eigenvalue weighted by atomic mass is 10.0. The Morgan fingerprint density at radius 1 is 1.22 bits per heavy atom. The van der Waals surface area contributed by atoms with Crippen LogP contribution < -0.4 is 4.74 Å². The molecular formula is C22H24N2O2S. The SMILES string of the molecule is Cc1ccc(C)c(OCC(=O)N2CCCC[C@H]2c2nc3ccccc3s2)c1. The summed E-state index contributed by atoms with van der Waals surface area (Å²) in [7, 11) is 0. The van der Waals surface area contributed by atoms with Gasteiger partial charge in [0.25, 0.3) is 5.91 Å². The number of hydrogen-bond acceptors (Lipinski definition) is 4. The molecule has 1 atom stereocenters. The summed E-state index contributed by atoms with van der Waals surface area (Å²) in [6, 6.07) is 14.3. The van der Waals surface area contributed by atoms with E-state index in [2.05, 4.69) is 12.1 Å². The molecule has 3 aromatic rings. The molecule has 1 amide bonds. The molecule has 1 fully saturated rings. The fourth-order valence-corrected chi connectivity index (χ4v) is 4.72. The van der Waals surface area contributed by atoms with E-state index in [1.807, 2.05) is 49.1 Å². The number of thiazole rings is 1. The second kappa shape index (κ2) is 7.69. The summed E-state index contributed by atoms with van der Waals surface area (Å²) in [6.45, 7) is 4.88. The summed E-state index contributed by atoms with van der Waals surface area (Å²) in [5, 5.41) is 1.04. The van der Waals surface area contributed by atoms with Gasteiger partial charge in [-0.3, -0.25) is 4.79 Å². The molecule has 1 aromatic heterocycles. The lowest BCUT2D eigenvalue weighted by molar-refractivity contribution is -0.137. The number of para-hydroxylation sites is 1. The van der Waals surface area contributed by atoms with Crippen molar-refractivity contribution in [2.45, 2.75) is 39.2 Å². The topological polar surface area (TPSA) is 42.4 Å². The predicted octanol–water partition coefficient (Wildman–Crippen LogP) is 5.05. The van der Waals surface area contributed by atoms with E-state index in [1.54, 1.807) is 11.3 Å². The van der Waals surface area contributed by atoms with Crippen LogP contribution in [-0.4, -0.2) is 28.9 Å². The van der Waals surface area contributed by atoms with E-state index in [9.17, 15) is 4.79 Å². The summed E-state index contributed by atoms with van der Waals surface area (Å²) in [4.78, 5) is 19.7. The predicted molar refractivity (Wildman–Crippen MR) is 109 cm³/mol. The average Bonchev–Trinajstić information content (AvgIpc) is 3.12. The molecule has 0 bridgehead atoms. The molecule has 5 heteroatoms. The van der Waals surface area contributed by atoms with Gasteiger partial charge >= 0.3 is 0 Å². The molecular weight excluding hydrogens is 356 g/mol. The largest absolute Gasteiger partial charge is 0.483 e. The Labute approximate surface area is 163 Å². The standard InChI is InChI=1S/C22H24N2O2S/c1-15-10-11-16(2)19(13-15)26-14-21(25)24-12-6-5-8-18(24)22-23-17-7-3-4-9-20(17)27-22/h3-4,7,9-11,13,18H,5-6,8,12,14H2,1-2H3/t18-/m0/s1. The summed E-state index contributed by atoms with van der Waals surface area (Å²) in [5.74, 6) is 0.830. The number of hydrogen-bond donors (Lipinski definition) is 0. The van der Waals surface area contributed by atoms with Gasteiger partial charge < -0.3 is 9.64 Å². The number of piperidine rings is 1. The van der Waals surface area contributed by atoms with E-state index in [1.165, 1.54) is 4.70 Å². The molecule has 0 spiro atoms. The van der Waals surface area contributed by atoms with Gasteiger partial charge in [-0.1, -0.05) is 24.3 Å². The van der Waals surface area contributed by atoms with Crippen LogP contribution in [0.15, 0.2) is 42.5 Å². The van der Waals surface area contributed by atoms with Crippen molar-refractivity contribution in [1.29, 1.82) is 0 Å². The number of aryl methyl sites for hydroxylation is 2. The third-order valence-electron chi connectivity index (χ3n) is 5.11. The number of nitrogens with zero attached hydrogens (tertiary/aromatic N) is 2. The normalized spacial score (nSPS) is 17.3. The zero-order valence-corrected chi connectivity index (χ0v) is 16.6. The van der Waals surface area contributed by atoms with Crippen LogP contribution >= 0.6 is 11.3 Å². The van der Waals surface area contributed by atoms with E-state index in [0.717, 1.165) is 53.2 Å². The molecule has 0 saturated carbocycles. The lowest BCUT2D eigenvalue weighted by Gasteiger charge is -2.34. The highest BCUT2D eigenvalue weighted by molar-refractivity contribution is 7.18. The van der Waals surface area contributed by atoms with E-state index in [4.69, 9.17) is 9.72 Å². The number of carbonyl (C=O) groups excluding carboxylic acids is 1. The first-order valence-electron chi connectivity index (χ1n) is 9.47. The molecule has 140 valence electrons. The van der Waals surface area contributed by atoms with Crippen LogP contribution in [0.2, 0.25) is 0 Å². The van der Waals surface area contributed by atoms with Crippen molar-refractivity contribution in [3.05, 3.63) is 58.6 Å². The first-order chi connectivity index (χ1) is 13.1. The summed E-state index contributed by atoms with van der Waals surface area (Å²) < 4.78 is 7.05. The Balaban J connectivity index is 1.51. The van der Waals surface area contributed by atoms with Crippen LogP contribution in [0.4, 0.5) is 0 Å². The molecule has 1 saturated heterocycles. The first-order valence-corrected chi connectivity index (χ1v) is 10.3. The number of likely N-dealkylation sites (tertiary alicyclic amines) is 1. The molecule has 4 nitrogen and oxygen atoms in total. The number of fused-ring (bicyclic) bond motifs is 1. The molecule has 27 heavy (non-hydrogen) atoms. The van der Waals surface area contributed by atoms with Gasteiger partial charge in [-0.15, -0.1) is 11.3 Å². The Morgan fingerprint density at radius 3 is 2.93 bits per heavy atom. The highest BCUT2D eigenvalue weighted by atomic mass is 32.1. The minimum absolute atomic E-state index is 0.0415. The van der Waals surface area contributed by atoms with Crippen molar-refractivity contribution in [2.75, 3.05) is 13.2 Å². The van der Waals surface area contributed by atoms with Crippen molar-refractivity contribution in [1.82, 2.24) is 9.88 Å². The Bertz CT molecular complexity index is 933. The van der Waals surface area contributed by atoms with Crippen LogP contribution in [-0.2, 0) is 4.79 Å². The fraction of sp³-hybridized carbons (Fsp3) is 0.364. The zero-order chi connectivity index (χ0) is 18.8. The Hall–Kier alpha value is -2.40. The van der Waals surface area contributed by atoms with E-state index in [0.29, 0.717) is 0 Å². The molecule has 0 radical (unpaired) electrons. The summed E-state index contributed by atoms with van der Waals surface area (Å²) >= 11 is 1.70. The summed E-state index contributed by atoms with van der Waals surface area (Å²) in [5.41, 5.74) is 3.20. The molecule has 2 aromatic carbocycles. The Kier molecular flexibility index (Phi) is 5.12. The van der Waals surface area contributed by atoms with Crippen LogP contribution in [0.1, 0.15) is 41.4 Å². The summed E-state index contributed by atoms with van der Waals surface area (Å²) in [6.07, 6.45) is 3.13. The lowest BCUT2D eigenvalue weighted by Crippen LogP contribution is -2.41. The second-order valence-electron chi connectivity index (χ2n) is 7.18. The molecule has 0 N–H and O–H groups in total. The van der Waals surface area contributed by atoms with Gasteiger partial charge in [0, 0.05) is 6.54 Å². The maximum atomic E-state index is 12.9. The zero-order valence-electron chi connectivity index (χ0n) is 15.8. The molecule has 1 aliphatic heterocycles. The molecule has 0 unspecified atom stereocenters. The van der Waals surface area contributed by atoms with Crippen LogP contribution in [0.25, 0.3) is 10.2 Å². The minimum atomic E-state index is 0.0415. The number of ether oxygens (including phenoxy) is 1. The van der Waals surface area contributed by atoms with Crippen molar-refractivity contribution in [3.8, 4) is 5.75 Å². The molecule has 0 aliphatic carbocycles. The monoisotopic (exact) mass is 380 g/mol. The van der Waals surface area contributed by atoms with E-state index >= 15 is 0 Å². The Morgan fingerprint density at radius 2 is 2.07 bits per heavy atom. The fourth-order valence-electron chi connectivity index (χ4n) is 3.60. The van der Waals surface area contributed by atoms with Gasteiger partial charge in [0.15, 0.2) is 6.61 Å². The van der Waals surface area contributed by atoms with E-state index < -0.39 is 0 Å². The van der Waals surface area contributed by atoms with Gasteiger partial charge in [0.05, 0.1) is 16.3 Å². The quantitative estimate of drug-likeness (QED) is 0.636. The van der Waals surface area contributed by atoms with Crippen LogP contribution in [0.5, 0.6) is 5.75 Å². The smallest absolute Gasteiger partial charge is 0.261 e. The average molecular weight is 381 g/mol. The first kappa shape index (κ1) is 18.0. The van der Waals surface area contributed by atoms with Gasteiger partial charge in [-0.25, -0.2) is 4.98 Å². The molecule has 1 aliphatic rings. The number of amides is 1. The molecule has 2 heterocycles. The van der Waals surface area contributed by atoms with Crippen molar-refractivity contribution in [3.63, 3.8) is 0 Å². The van der Waals surface area contributed by atoms with Crippen molar-refractivity contribution in [2.24, 2.45) is 0 Å². The van der Waals surface area contributed by atoms with Crippen LogP contribution in [0.3, 0.4) is 0 Å². The van der Waals surface area contributed by atoms with Crippen LogP contribution in [0, 0.1) is 13.8 Å². The molecule has 4 rings (SSSR count). The van der Waals surface area contributed by atoms with Gasteiger partial charge in [0.2, 0.25) is 0 Å². The third kappa shape index (κ3) is 3.83. The number of aromatic nitrogens is 1. The van der Waals surface area contributed by atoms with Gasteiger partial charge in [0.1, 0.15) is 10.8 Å². The number of benzene rings is 2. The van der Waals surface area contributed by atoms with Crippen molar-refractivity contribution >= 4 is 27.5 Å². The highest BCUT2D eigenvalue weighted by Crippen LogP contribution is 2.35. The van der Waals surface area contributed by atoms with Gasteiger partial charge in [-0.2, -0.15) is 0 Å².